The van der Waals surface area contributed by atoms with Crippen molar-refractivity contribution < 1.29 is 0 Å². The lowest BCUT2D eigenvalue weighted by Crippen LogP contribution is -2.15. The third kappa shape index (κ3) is 5.80. The summed E-state index contributed by atoms with van der Waals surface area (Å²) in [6.07, 6.45) is 1.03. The molecule has 0 unspecified atom stereocenters. The van der Waals surface area contributed by atoms with Gasteiger partial charge in [-0.3, -0.25) is 0 Å². The van der Waals surface area contributed by atoms with E-state index in [9.17, 15) is 0 Å². The van der Waals surface area contributed by atoms with Crippen LogP contribution in [0.1, 0.15) is 6.42 Å². The summed E-state index contributed by atoms with van der Waals surface area (Å²) in [7, 11) is 0. The highest BCUT2D eigenvalue weighted by Gasteiger charge is 1.80. The molecule has 0 amide bonds. The molecule has 0 aliphatic rings. The highest BCUT2D eigenvalue weighted by Crippen LogP contribution is 1.78. The minimum Gasteiger partial charge on any atom is -0.304 e. The van der Waals surface area contributed by atoms with Crippen molar-refractivity contribution in [2.75, 3.05) is 18.8 Å². The maximum atomic E-state index is 8.03. The molecule has 0 aromatic carbocycles. The minimum atomic E-state index is 0.452. The largest absolute Gasteiger partial charge is 0.304 e. The van der Waals surface area contributed by atoms with Crippen LogP contribution in [0.25, 0.3) is 0 Å². The molecule has 0 aromatic rings. The highest BCUT2D eigenvalue weighted by molar-refractivity contribution is 7.80. The molecule has 0 bridgehead atoms. The van der Waals surface area contributed by atoms with Gasteiger partial charge in [0.1, 0.15) is 0 Å². The molecule has 0 atom stereocenters. The van der Waals surface area contributed by atoms with Crippen molar-refractivity contribution in [3.63, 3.8) is 0 Å². The lowest BCUT2D eigenvalue weighted by molar-refractivity contribution is 0.739. The Hall–Kier alpha value is -0.200. The maximum absolute atomic E-state index is 8.03. The molecule has 0 heterocycles. The molecular formula is C5H10N2S. The Morgan fingerprint density at radius 1 is 1.62 bits per heavy atom. The zero-order chi connectivity index (χ0) is 6.24. The zero-order valence-corrected chi connectivity index (χ0v) is 5.62. The molecule has 46 valence electrons. The molecule has 1 N–H and O–H groups in total. The van der Waals surface area contributed by atoms with Crippen molar-refractivity contribution in [2.45, 2.75) is 6.42 Å². The Balaban J connectivity index is 2.65. The Morgan fingerprint density at radius 2 is 2.38 bits per heavy atom. The first-order valence-electron chi connectivity index (χ1n) is 2.60. The van der Waals surface area contributed by atoms with Gasteiger partial charge in [0.2, 0.25) is 0 Å². The van der Waals surface area contributed by atoms with E-state index in [-0.39, 0.29) is 0 Å². The fraction of sp³-hybridized carbons (Fsp3) is 0.800. The maximum Gasteiger partial charge on any atom is 0.0840 e. The van der Waals surface area contributed by atoms with Gasteiger partial charge in [0.25, 0.3) is 0 Å². The van der Waals surface area contributed by atoms with Gasteiger partial charge in [-0.25, -0.2) is 0 Å². The molecule has 2 nitrogen and oxygen atoms in total. The second-order valence-electron chi connectivity index (χ2n) is 1.41. The van der Waals surface area contributed by atoms with E-state index in [1.807, 2.05) is 6.07 Å². The van der Waals surface area contributed by atoms with Crippen LogP contribution in [0, 0.1) is 11.3 Å². The molecule has 0 aliphatic heterocycles. The molecule has 0 rings (SSSR count). The van der Waals surface area contributed by atoms with Crippen molar-refractivity contribution in [2.24, 2.45) is 0 Å². The predicted octanol–water partition coefficient (Wildman–Crippen LogP) is 0.419. The number of rotatable bonds is 4. The van der Waals surface area contributed by atoms with Gasteiger partial charge in [-0.2, -0.15) is 17.9 Å². The Kier molecular flexibility index (Phi) is 6.63. The molecule has 0 saturated carbocycles. The second kappa shape index (κ2) is 6.80. The average molecular weight is 130 g/mol. The quantitative estimate of drug-likeness (QED) is 0.329. The van der Waals surface area contributed by atoms with Gasteiger partial charge >= 0.3 is 0 Å². The lowest BCUT2D eigenvalue weighted by Gasteiger charge is -1.93. The molecular weight excluding hydrogens is 120 g/mol. The van der Waals surface area contributed by atoms with Crippen molar-refractivity contribution in [3.8, 4) is 6.07 Å². The molecule has 0 aliphatic carbocycles. The van der Waals surface area contributed by atoms with Crippen molar-refractivity contribution in [3.05, 3.63) is 0 Å². The molecule has 0 radical (unpaired) electrons. The summed E-state index contributed by atoms with van der Waals surface area (Å²) >= 11 is 4.00. The average Bonchev–Trinajstić information content (AvgIpc) is 1.81. The summed E-state index contributed by atoms with van der Waals surface area (Å²) in [4.78, 5) is 0. The van der Waals surface area contributed by atoms with Gasteiger partial charge in [-0.05, 0) is 18.7 Å². The Bertz CT molecular complexity index is 77.0. The third-order valence-electron chi connectivity index (χ3n) is 0.716. The summed E-state index contributed by atoms with van der Waals surface area (Å²) in [6.45, 7) is 1.35. The van der Waals surface area contributed by atoms with Crippen molar-refractivity contribution in [1.82, 2.24) is 5.32 Å². The van der Waals surface area contributed by atoms with E-state index in [1.165, 1.54) is 0 Å². The van der Waals surface area contributed by atoms with E-state index >= 15 is 0 Å². The van der Waals surface area contributed by atoms with Crippen LogP contribution in [0.2, 0.25) is 0 Å². The number of nitrogens with zero attached hydrogens (tertiary/aromatic N) is 1. The van der Waals surface area contributed by atoms with Gasteiger partial charge in [0.15, 0.2) is 0 Å². The van der Waals surface area contributed by atoms with E-state index < -0.39 is 0 Å². The van der Waals surface area contributed by atoms with Crippen LogP contribution in [0.3, 0.4) is 0 Å². The SMILES string of the molecule is N#CCNCCCS. The van der Waals surface area contributed by atoms with Crippen LogP contribution in [0.4, 0.5) is 0 Å². The number of thiol groups is 1. The van der Waals surface area contributed by atoms with E-state index in [4.69, 9.17) is 5.26 Å². The van der Waals surface area contributed by atoms with E-state index in [2.05, 4.69) is 17.9 Å². The lowest BCUT2D eigenvalue weighted by atomic mass is 10.5. The zero-order valence-electron chi connectivity index (χ0n) is 4.72. The molecule has 0 spiro atoms. The van der Waals surface area contributed by atoms with Crippen LogP contribution in [0.5, 0.6) is 0 Å². The standard InChI is InChI=1S/C5H10N2S/c6-2-4-7-3-1-5-8/h7-8H,1,3-5H2. The van der Waals surface area contributed by atoms with Crippen LogP contribution in [0.15, 0.2) is 0 Å². The molecule has 0 aromatic heterocycles. The highest BCUT2D eigenvalue weighted by atomic mass is 32.1. The molecule has 0 fully saturated rings. The first-order valence-corrected chi connectivity index (χ1v) is 3.23. The first kappa shape index (κ1) is 7.80. The van der Waals surface area contributed by atoms with Crippen molar-refractivity contribution >= 4 is 12.6 Å². The molecule has 3 heteroatoms. The fourth-order valence-electron chi connectivity index (χ4n) is 0.348. The fourth-order valence-corrected chi connectivity index (χ4v) is 0.506. The monoisotopic (exact) mass is 130 g/mol. The van der Waals surface area contributed by atoms with Gasteiger partial charge < -0.3 is 5.32 Å². The van der Waals surface area contributed by atoms with Crippen LogP contribution in [-0.4, -0.2) is 18.8 Å². The minimum absolute atomic E-state index is 0.452. The van der Waals surface area contributed by atoms with Crippen LogP contribution >= 0.6 is 12.6 Å². The second-order valence-corrected chi connectivity index (χ2v) is 1.86. The van der Waals surface area contributed by atoms with Gasteiger partial charge in [0, 0.05) is 0 Å². The normalized spacial score (nSPS) is 8.50. The van der Waals surface area contributed by atoms with Crippen LogP contribution in [-0.2, 0) is 0 Å². The number of nitrogens with one attached hydrogen (secondary N) is 1. The van der Waals surface area contributed by atoms with E-state index in [0.29, 0.717) is 6.54 Å². The number of hydrogen-bond donors (Lipinski definition) is 2. The van der Waals surface area contributed by atoms with E-state index in [1.54, 1.807) is 0 Å². The summed E-state index contributed by atoms with van der Waals surface area (Å²) < 4.78 is 0. The first-order chi connectivity index (χ1) is 3.91. The summed E-state index contributed by atoms with van der Waals surface area (Å²) in [6, 6.07) is 1.99. The summed E-state index contributed by atoms with van der Waals surface area (Å²) in [5.74, 6) is 0.887. The third-order valence-corrected chi connectivity index (χ3v) is 1.03. The Morgan fingerprint density at radius 3 is 2.88 bits per heavy atom. The topological polar surface area (TPSA) is 35.8 Å². The number of nitriles is 1. The predicted molar refractivity (Wildman–Crippen MR) is 37.0 cm³/mol. The molecule has 8 heavy (non-hydrogen) atoms. The summed E-state index contributed by atoms with van der Waals surface area (Å²) in [5.41, 5.74) is 0. The Labute approximate surface area is 55.3 Å². The van der Waals surface area contributed by atoms with Crippen molar-refractivity contribution in [1.29, 1.82) is 5.26 Å². The van der Waals surface area contributed by atoms with E-state index in [0.717, 1.165) is 18.7 Å². The van der Waals surface area contributed by atoms with Gasteiger partial charge in [-0.1, -0.05) is 0 Å². The van der Waals surface area contributed by atoms with Crippen LogP contribution < -0.4 is 5.32 Å². The number of hydrogen-bond acceptors (Lipinski definition) is 3. The smallest absolute Gasteiger partial charge is 0.0840 e. The molecule has 0 saturated heterocycles. The van der Waals surface area contributed by atoms with Gasteiger partial charge in [-0.15, -0.1) is 0 Å². The van der Waals surface area contributed by atoms with Gasteiger partial charge in [0.05, 0.1) is 12.6 Å². The summed E-state index contributed by atoms with van der Waals surface area (Å²) in [5, 5.41) is 11.0.